The standard InChI is InChI=1S/C25H33F2N3O7S/c1-6-29-14-21(24(28-29)35-15-22(26)27)38(33,34)30-13-18(9-7-16(2)31)36-20-10-8-17(11-19(20)30)12-23(32)37-25(3,4)5/h8,10-11,14,18,22H,6-7,9,12-13,15H2,1-5H3/t18-/m0/s1. The van der Waals surface area contributed by atoms with Crippen LogP contribution >= 0.6 is 0 Å². The number of aromatic nitrogens is 2. The van der Waals surface area contributed by atoms with Gasteiger partial charge in [0.1, 0.15) is 23.2 Å². The van der Waals surface area contributed by atoms with E-state index in [4.69, 9.17) is 14.2 Å². The molecule has 0 N–H and O–H groups in total. The van der Waals surface area contributed by atoms with Crippen LogP contribution in [-0.2, 0) is 37.3 Å². The number of rotatable bonds is 11. The van der Waals surface area contributed by atoms with Gasteiger partial charge in [-0.3, -0.25) is 13.8 Å². The number of hydrogen-bond donors (Lipinski definition) is 0. The minimum atomic E-state index is -4.39. The van der Waals surface area contributed by atoms with E-state index in [1.165, 1.54) is 23.9 Å². The van der Waals surface area contributed by atoms with Crippen molar-refractivity contribution in [2.45, 2.75) is 83.5 Å². The van der Waals surface area contributed by atoms with E-state index in [1.807, 2.05) is 0 Å². The Morgan fingerprint density at radius 2 is 1.97 bits per heavy atom. The van der Waals surface area contributed by atoms with Gasteiger partial charge < -0.3 is 19.0 Å². The maximum Gasteiger partial charge on any atom is 0.310 e. The number of halogens is 2. The Labute approximate surface area is 220 Å². The van der Waals surface area contributed by atoms with Gasteiger partial charge in [0, 0.05) is 19.2 Å². The van der Waals surface area contributed by atoms with E-state index in [0.29, 0.717) is 5.56 Å². The number of carbonyl (C=O) groups is 2. The number of sulfonamides is 1. The molecule has 38 heavy (non-hydrogen) atoms. The first-order valence-electron chi connectivity index (χ1n) is 12.2. The van der Waals surface area contributed by atoms with E-state index < -0.39 is 46.6 Å². The average molecular weight is 558 g/mol. The normalized spacial score (nSPS) is 15.7. The van der Waals surface area contributed by atoms with Crippen LogP contribution in [0.5, 0.6) is 11.6 Å². The largest absolute Gasteiger partial charge is 0.486 e. The highest BCUT2D eigenvalue weighted by atomic mass is 32.2. The Kier molecular flexibility index (Phi) is 9.01. The molecule has 1 atom stereocenters. The summed E-state index contributed by atoms with van der Waals surface area (Å²) in [5.41, 5.74) is -0.0431. The second kappa shape index (κ2) is 11.7. The SMILES string of the molecule is CCn1cc(S(=O)(=O)N2C[C@H](CCC(C)=O)Oc3ccc(CC(=O)OC(C)(C)C)cc32)c(OCC(F)F)n1. The molecule has 1 aliphatic heterocycles. The molecule has 210 valence electrons. The molecule has 0 saturated heterocycles. The van der Waals surface area contributed by atoms with Crippen LogP contribution in [-0.4, -0.2) is 61.2 Å². The van der Waals surface area contributed by atoms with E-state index >= 15 is 0 Å². The van der Waals surface area contributed by atoms with Gasteiger partial charge in [-0.2, -0.15) is 0 Å². The van der Waals surface area contributed by atoms with Crippen LogP contribution < -0.4 is 13.8 Å². The number of aryl methyl sites for hydroxylation is 1. The van der Waals surface area contributed by atoms with Crippen molar-refractivity contribution in [3.63, 3.8) is 0 Å². The van der Waals surface area contributed by atoms with E-state index in [-0.39, 0.29) is 54.5 Å². The predicted octanol–water partition coefficient (Wildman–Crippen LogP) is 3.76. The van der Waals surface area contributed by atoms with Crippen LogP contribution in [0.1, 0.15) is 53.0 Å². The van der Waals surface area contributed by atoms with Gasteiger partial charge in [-0.05, 0) is 58.7 Å². The number of nitrogens with zero attached hydrogens (tertiary/aromatic N) is 3. The van der Waals surface area contributed by atoms with Crippen molar-refractivity contribution in [1.29, 1.82) is 0 Å². The summed E-state index contributed by atoms with van der Waals surface area (Å²) < 4.78 is 72.3. The smallest absolute Gasteiger partial charge is 0.310 e. The number of ketones is 1. The number of anilines is 1. The molecule has 10 nitrogen and oxygen atoms in total. The number of esters is 1. The van der Waals surface area contributed by atoms with Crippen molar-refractivity contribution in [3.05, 3.63) is 30.0 Å². The lowest BCUT2D eigenvalue weighted by Crippen LogP contribution is -2.43. The van der Waals surface area contributed by atoms with Gasteiger partial charge in [0.25, 0.3) is 22.3 Å². The number of fused-ring (bicyclic) bond motifs is 1. The van der Waals surface area contributed by atoms with Crippen LogP contribution in [0.4, 0.5) is 14.5 Å². The molecular weight excluding hydrogens is 524 g/mol. The number of Topliss-reactive ketones (excluding diaryl/α,β-unsaturated/α-hetero) is 1. The fourth-order valence-corrected chi connectivity index (χ4v) is 5.42. The zero-order valence-corrected chi connectivity index (χ0v) is 22.9. The van der Waals surface area contributed by atoms with Crippen molar-refractivity contribution in [1.82, 2.24) is 9.78 Å². The van der Waals surface area contributed by atoms with Gasteiger partial charge in [-0.25, -0.2) is 17.2 Å². The van der Waals surface area contributed by atoms with Crippen molar-refractivity contribution in [2.24, 2.45) is 0 Å². The Morgan fingerprint density at radius 1 is 1.26 bits per heavy atom. The molecule has 13 heteroatoms. The molecule has 0 radical (unpaired) electrons. The number of benzene rings is 1. The molecule has 3 rings (SSSR count). The minimum absolute atomic E-state index is 0.0755. The first kappa shape index (κ1) is 29.3. The first-order valence-corrected chi connectivity index (χ1v) is 13.7. The van der Waals surface area contributed by atoms with Gasteiger partial charge in [0.15, 0.2) is 11.5 Å². The summed E-state index contributed by atoms with van der Waals surface area (Å²) in [5.74, 6) is -0.770. The second-order valence-corrected chi connectivity index (χ2v) is 11.8. The van der Waals surface area contributed by atoms with Gasteiger partial charge in [0.2, 0.25) is 0 Å². The molecule has 1 aromatic carbocycles. The molecule has 0 amide bonds. The van der Waals surface area contributed by atoms with E-state index in [1.54, 1.807) is 39.8 Å². The monoisotopic (exact) mass is 557 g/mol. The molecule has 1 aromatic heterocycles. The zero-order chi connectivity index (χ0) is 28.3. The summed E-state index contributed by atoms with van der Waals surface area (Å²) >= 11 is 0. The maximum atomic E-state index is 13.9. The molecule has 0 spiro atoms. The van der Waals surface area contributed by atoms with E-state index in [9.17, 15) is 26.8 Å². The summed E-state index contributed by atoms with van der Waals surface area (Å²) in [6.45, 7) is 7.47. The fourth-order valence-electron chi connectivity index (χ4n) is 3.84. The van der Waals surface area contributed by atoms with Crippen LogP contribution in [0, 0.1) is 0 Å². The summed E-state index contributed by atoms with van der Waals surface area (Å²) in [7, 11) is -4.39. The minimum Gasteiger partial charge on any atom is -0.486 e. The fraction of sp³-hybridized carbons (Fsp3) is 0.560. The number of alkyl halides is 2. The number of hydrogen-bond acceptors (Lipinski definition) is 8. The number of ether oxygens (including phenoxy) is 3. The summed E-state index contributed by atoms with van der Waals surface area (Å²) in [4.78, 5) is 23.6. The van der Waals surface area contributed by atoms with Crippen molar-refractivity contribution < 1.29 is 41.0 Å². The van der Waals surface area contributed by atoms with Gasteiger partial charge in [-0.1, -0.05) is 6.07 Å². The molecule has 0 saturated carbocycles. The van der Waals surface area contributed by atoms with Gasteiger partial charge >= 0.3 is 5.97 Å². The lowest BCUT2D eigenvalue weighted by molar-refractivity contribution is -0.153. The van der Waals surface area contributed by atoms with Crippen LogP contribution in [0.15, 0.2) is 29.3 Å². The summed E-state index contributed by atoms with van der Waals surface area (Å²) in [5, 5.41) is 4.01. The Bertz CT molecular complexity index is 1270. The van der Waals surface area contributed by atoms with E-state index in [2.05, 4.69) is 5.10 Å². The third kappa shape index (κ3) is 7.42. The molecule has 0 fully saturated rings. The van der Waals surface area contributed by atoms with Gasteiger partial charge in [-0.15, -0.1) is 5.10 Å². The highest BCUT2D eigenvalue weighted by Gasteiger charge is 2.38. The maximum absolute atomic E-state index is 13.9. The van der Waals surface area contributed by atoms with Crippen LogP contribution in [0.3, 0.4) is 0 Å². The van der Waals surface area contributed by atoms with Crippen LogP contribution in [0.2, 0.25) is 0 Å². The molecule has 2 aromatic rings. The molecule has 0 aliphatic carbocycles. The van der Waals surface area contributed by atoms with Crippen molar-refractivity contribution in [3.8, 4) is 11.6 Å². The molecule has 0 bridgehead atoms. The first-order chi connectivity index (χ1) is 17.7. The summed E-state index contributed by atoms with van der Waals surface area (Å²) in [6.07, 6.45) is -1.91. The third-order valence-electron chi connectivity index (χ3n) is 5.48. The quantitative estimate of drug-likeness (QED) is 0.384. The second-order valence-electron chi connectivity index (χ2n) is 9.94. The van der Waals surface area contributed by atoms with Crippen LogP contribution in [0.25, 0.3) is 0 Å². The molecule has 2 heterocycles. The van der Waals surface area contributed by atoms with Gasteiger partial charge in [0.05, 0.1) is 18.7 Å². The predicted molar refractivity (Wildman–Crippen MR) is 134 cm³/mol. The topological polar surface area (TPSA) is 117 Å². The zero-order valence-electron chi connectivity index (χ0n) is 22.1. The Balaban J connectivity index is 2.03. The Hall–Kier alpha value is -3.22. The van der Waals surface area contributed by atoms with Crippen molar-refractivity contribution >= 4 is 27.5 Å². The lowest BCUT2D eigenvalue weighted by Gasteiger charge is -2.35. The lowest BCUT2D eigenvalue weighted by atomic mass is 10.1. The molecule has 0 unspecified atom stereocenters. The van der Waals surface area contributed by atoms with Crippen molar-refractivity contribution in [2.75, 3.05) is 17.5 Å². The number of carbonyl (C=O) groups excluding carboxylic acids is 2. The molecule has 1 aliphatic rings. The highest BCUT2D eigenvalue weighted by molar-refractivity contribution is 7.93. The van der Waals surface area contributed by atoms with E-state index in [0.717, 1.165) is 4.31 Å². The summed E-state index contributed by atoms with van der Waals surface area (Å²) in [6, 6.07) is 4.70. The highest BCUT2D eigenvalue weighted by Crippen LogP contribution is 2.40. The average Bonchev–Trinajstić information content (AvgIpc) is 3.24. The molecular formula is C25H33F2N3O7S. The third-order valence-corrected chi connectivity index (χ3v) is 7.24. The Morgan fingerprint density at radius 3 is 2.58 bits per heavy atom.